The Balaban J connectivity index is 1.93. The van der Waals surface area contributed by atoms with Crippen molar-refractivity contribution in [2.75, 3.05) is 5.32 Å². The molecule has 0 spiro atoms. The van der Waals surface area contributed by atoms with E-state index in [2.05, 4.69) is 11.4 Å². The summed E-state index contributed by atoms with van der Waals surface area (Å²) in [5, 5.41) is 14.1. The van der Waals surface area contributed by atoms with Crippen molar-refractivity contribution >= 4 is 17.3 Å². The van der Waals surface area contributed by atoms with Crippen molar-refractivity contribution < 1.29 is 5.11 Å². The molecule has 98 valence electrons. The molecule has 1 aliphatic rings. The maximum absolute atomic E-state index is 9.87. The Morgan fingerprint density at radius 2 is 2.00 bits per heavy atom. The lowest BCUT2D eigenvalue weighted by atomic mass is 10.1. The highest BCUT2D eigenvalue weighted by atomic mass is 35.5. The molecule has 0 amide bonds. The summed E-state index contributed by atoms with van der Waals surface area (Å²) in [6.07, 6.45) is 1.89. The fraction of sp³-hybridized carbons (Fsp3) is 0.250. The predicted molar refractivity (Wildman–Crippen MR) is 79.0 cm³/mol. The largest absolute Gasteiger partial charge is 0.508 e. The molecule has 1 atom stereocenters. The molecular formula is C16H16ClNO. The first-order chi connectivity index (χ1) is 9.16. The summed E-state index contributed by atoms with van der Waals surface area (Å²) in [6.45, 7) is 2.05. The van der Waals surface area contributed by atoms with E-state index < -0.39 is 0 Å². The molecule has 0 saturated carbocycles. The van der Waals surface area contributed by atoms with Crippen molar-refractivity contribution in [1.29, 1.82) is 0 Å². The van der Waals surface area contributed by atoms with E-state index in [4.69, 9.17) is 11.6 Å². The molecular weight excluding hydrogens is 258 g/mol. The third-order valence-electron chi connectivity index (χ3n) is 3.79. The van der Waals surface area contributed by atoms with E-state index in [1.165, 1.54) is 5.56 Å². The number of hydrogen-bond acceptors (Lipinski definition) is 2. The van der Waals surface area contributed by atoms with Gasteiger partial charge in [0.15, 0.2) is 0 Å². The third-order valence-corrected chi connectivity index (χ3v) is 4.10. The van der Waals surface area contributed by atoms with Crippen LogP contribution in [0.3, 0.4) is 0 Å². The summed E-state index contributed by atoms with van der Waals surface area (Å²) in [4.78, 5) is 0. The Labute approximate surface area is 118 Å². The normalized spacial score (nSPS) is 17.3. The van der Waals surface area contributed by atoms with Gasteiger partial charge in [0, 0.05) is 0 Å². The van der Waals surface area contributed by atoms with Crippen molar-refractivity contribution in [2.45, 2.75) is 25.8 Å². The number of nitrogens with one attached hydrogen (secondary N) is 1. The van der Waals surface area contributed by atoms with E-state index in [-0.39, 0.29) is 6.04 Å². The first-order valence-corrected chi connectivity index (χ1v) is 6.87. The number of fused-ring (bicyclic) bond motifs is 1. The van der Waals surface area contributed by atoms with Gasteiger partial charge in [-0.3, -0.25) is 0 Å². The summed E-state index contributed by atoms with van der Waals surface area (Å²) in [5.41, 5.74) is 4.37. The highest BCUT2D eigenvalue weighted by Gasteiger charge is 2.25. The van der Waals surface area contributed by atoms with Gasteiger partial charge >= 0.3 is 0 Å². The number of phenols is 1. The van der Waals surface area contributed by atoms with Crippen LogP contribution in [0, 0.1) is 6.92 Å². The van der Waals surface area contributed by atoms with E-state index >= 15 is 0 Å². The number of para-hydroxylation sites is 1. The number of hydrogen-bond donors (Lipinski definition) is 2. The number of benzene rings is 2. The average Bonchev–Trinajstić information content (AvgIpc) is 2.79. The smallest absolute Gasteiger partial charge is 0.119 e. The Kier molecular flexibility index (Phi) is 3.11. The van der Waals surface area contributed by atoms with Crippen molar-refractivity contribution in [3.05, 3.63) is 58.1 Å². The highest BCUT2D eigenvalue weighted by Crippen LogP contribution is 2.39. The molecule has 2 N–H and O–H groups in total. The van der Waals surface area contributed by atoms with E-state index in [0.717, 1.165) is 34.7 Å². The second kappa shape index (κ2) is 4.78. The Morgan fingerprint density at radius 3 is 2.79 bits per heavy atom. The fourth-order valence-electron chi connectivity index (χ4n) is 2.77. The monoisotopic (exact) mass is 273 g/mol. The maximum atomic E-state index is 9.87. The lowest BCUT2D eigenvalue weighted by molar-refractivity contribution is 0.469. The van der Waals surface area contributed by atoms with Gasteiger partial charge in [-0.05, 0) is 48.6 Å². The summed E-state index contributed by atoms with van der Waals surface area (Å²) < 4.78 is 0. The van der Waals surface area contributed by atoms with Gasteiger partial charge in [-0.25, -0.2) is 0 Å². The molecule has 2 aromatic carbocycles. The predicted octanol–water partition coefficient (Wildman–Crippen LogP) is 4.45. The van der Waals surface area contributed by atoms with Gasteiger partial charge in [-0.1, -0.05) is 35.9 Å². The molecule has 0 saturated heterocycles. The van der Waals surface area contributed by atoms with Crippen LogP contribution in [0.4, 0.5) is 5.69 Å². The van der Waals surface area contributed by atoms with Crippen LogP contribution in [0.25, 0.3) is 0 Å². The second-order valence-electron chi connectivity index (χ2n) is 5.01. The first-order valence-electron chi connectivity index (χ1n) is 6.49. The SMILES string of the molecule is Cc1cccc(Cl)c1NC1CCc2c(O)cccc21. The average molecular weight is 274 g/mol. The van der Waals surface area contributed by atoms with E-state index in [0.29, 0.717) is 5.75 Å². The van der Waals surface area contributed by atoms with Gasteiger partial charge in [0.1, 0.15) is 5.75 Å². The van der Waals surface area contributed by atoms with Crippen LogP contribution in [0.5, 0.6) is 5.75 Å². The van der Waals surface area contributed by atoms with Crippen LogP contribution in [0.15, 0.2) is 36.4 Å². The molecule has 0 fully saturated rings. The van der Waals surface area contributed by atoms with Crippen molar-refractivity contribution in [3.63, 3.8) is 0 Å². The molecule has 3 rings (SSSR count). The van der Waals surface area contributed by atoms with Crippen LogP contribution in [-0.4, -0.2) is 5.11 Å². The summed E-state index contributed by atoms with van der Waals surface area (Å²) in [6, 6.07) is 11.8. The molecule has 19 heavy (non-hydrogen) atoms. The van der Waals surface area contributed by atoms with Crippen molar-refractivity contribution in [3.8, 4) is 5.75 Å². The van der Waals surface area contributed by atoms with E-state index in [1.807, 2.05) is 31.2 Å². The maximum Gasteiger partial charge on any atom is 0.119 e. The minimum absolute atomic E-state index is 0.223. The summed E-state index contributed by atoms with van der Waals surface area (Å²) in [7, 11) is 0. The first kappa shape index (κ1) is 12.4. The quantitative estimate of drug-likeness (QED) is 0.847. The number of aromatic hydroxyl groups is 1. The lowest BCUT2D eigenvalue weighted by Gasteiger charge is -2.18. The Morgan fingerprint density at radius 1 is 1.21 bits per heavy atom. The van der Waals surface area contributed by atoms with Gasteiger partial charge in [-0.15, -0.1) is 0 Å². The van der Waals surface area contributed by atoms with Crippen LogP contribution in [0.1, 0.15) is 29.2 Å². The van der Waals surface area contributed by atoms with Crippen LogP contribution in [0.2, 0.25) is 5.02 Å². The summed E-state index contributed by atoms with van der Waals surface area (Å²) in [5.74, 6) is 0.401. The molecule has 0 aliphatic heterocycles. The zero-order valence-corrected chi connectivity index (χ0v) is 11.5. The number of phenolic OH excluding ortho intramolecular Hbond substituents is 1. The van der Waals surface area contributed by atoms with Crippen molar-refractivity contribution in [1.82, 2.24) is 0 Å². The van der Waals surface area contributed by atoms with Crippen LogP contribution < -0.4 is 5.32 Å². The zero-order valence-electron chi connectivity index (χ0n) is 10.8. The number of rotatable bonds is 2. The molecule has 3 heteroatoms. The van der Waals surface area contributed by atoms with E-state index in [9.17, 15) is 5.11 Å². The minimum Gasteiger partial charge on any atom is -0.508 e. The fourth-order valence-corrected chi connectivity index (χ4v) is 3.05. The van der Waals surface area contributed by atoms with Gasteiger partial charge in [0.2, 0.25) is 0 Å². The highest BCUT2D eigenvalue weighted by molar-refractivity contribution is 6.33. The van der Waals surface area contributed by atoms with Gasteiger partial charge in [0.25, 0.3) is 0 Å². The van der Waals surface area contributed by atoms with Crippen LogP contribution >= 0.6 is 11.6 Å². The number of aryl methyl sites for hydroxylation is 1. The Hall–Kier alpha value is -1.67. The van der Waals surface area contributed by atoms with Crippen molar-refractivity contribution in [2.24, 2.45) is 0 Å². The van der Waals surface area contributed by atoms with Gasteiger partial charge < -0.3 is 10.4 Å². The molecule has 0 aromatic heterocycles. The standard InChI is InChI=1S/C16H16ClNO/c1-10-4-2-6-13(17)16(10)18-14-9-8-12-11(14)5-3-7-15(12)19/h2-7,14,18-19H,8-9H2,1H3. The molecule has 0 heterocycles. The molecule has 0 bridgehead atoms. The topological polar surface area (TPSA) is 32.3 Å². The Bertz CT molecular complexity index is 604. The molecule has 1 aliphatic carbocycles. The number of anilines is 1. The van der Waals surface area contributed by atoms with E-state index in [1.54, 1.807) is 6.07 Å². The molecule has 2 aromatic rings. The molecule has 2 nitrogen and oxygen atoms in total. The zero-order chi connectivity index (χ0) is 13.4. The van der Waals surface area contributed by atoms with Crippen LogP contribution in [-0.2, 0) is 6.42 Å². The minimum atomic E-state index is 0.223. The second-order valence-corrected chi connectivity index (χ2v) is 5.42. The summed E-state index contributed by atoms with van der Waals surface area (Å²) >= 11 is 6.25. The van der Waals surface area contributed by atoms with Gasteiger partial charge in [-0.2, -0.15) is 0 Å². The number of halogens is 1. The lowest BCUT2D eigenvalue weighted by Crippen LogP contribution is -2.08. The van der Waals surface area contributed by atoms with Gasteiger partial charge in [0.05, 0.1) is 16.8 Å². The third kappa shape index (κ3) is 2.17. The molecule has 0 radical (unpaired) electrons. The molecule has 1 unspecified atom stereocenters.